The monoisotopic (exact) mass is 386 g/mol. The maximum Gasteiger partial charge on any atom is 0.182 e. The highest BCUT2D eigenvalue weighted by atomic mass is 16.3. The van der Waals surface area contributed by atoms with E-state index in [-0.39, 0.29) is 0 Å². The number of rotatable bonds is 4. The highest BCUT2D eigenvalue weighted by Crippen LogP contribution is 2.29. The van der Waals surface area contributed by atoms with E-state index in [9.17, 15) is 0 Å². The van der Waals surface area contributed by atoms with Gasteiger partial charge in [-0.05, 0) is 55.8 Å². The molecule has 0 radical (unpaired) electrons. The number of fused-ring (bicyclic) bond motifs is 3. The van der Waals surface area contributed by atoms with Crippen molar-refractivity contribution >= 4 is 22.4 Å². The number of aromatic nitrogens is 5. The lowest BCUT2D eigenvalue weighted by Crippen LogP contribution is -2.07. The van der Waals surface area contributed by atoms with Crippen molar-refractivity contribution in [1.82, 2.24) is 24.1 Å². The summed E-state index contributed by atoms with van der Waals surface area (Å²) in [4.78, 5) is 11.6. The van der Waals surface area contributed by atoms with Crippen molar-refractivity contribution in [3.05, 3.63) is 66.0 Å². The molecule has 4 aromatic heterocycles. The standard InChI is InChI=1S/C22H22N6O/c1-14-15(2)27(12-18-6-5-11-29-18)21-19(14)22-24-20(25-28(22)13-23-21)16-7-9-17(10-8-16)26(3)4/h5-11,13H,12H2,1-4H3. The molecule has 0 aliphatic carbocycles. The fraction of sp³-hybridized carbons (Fsp3) is 0.227. The van der Waals surface area contributed by atoms with Crippen molar-refractivity contribution in [1.29, 1.82) is 0 Å². The van der Waals surface area contributed by atoms with Crippen molar-refractivity contribution < 1.29 is 4.42 Å². The molecule has 0 bridgehead atoms. The minimum Gasteiger partial charge on any atom is -0.467 e. The lowest BCUT2D eigenvalue weighted by molar-refractivity contribution is 0.494. The molecule has 0 saturated carbocycles. The normalized spacial score (nSPS) is 11.6. The molecule has 5 aromatic rings. The lowest BCUT2D eigenvalue weighted by atomic mass is 10.2. The third-order valence-corrected chi connectivity index (χ3v) is 5.48. The van der Waals surface area contributed by atoms with Crippen LogP contribution in [-0.4, -0.2) is 38.2 Å². The van der Waals surface area contributed by atoms with E-state index >= 15 is 0 Å². The maximum atomic E-state index is 5.54. The van der Waals surface area contributed by atoms with Crippen LogP contribution in [0.1, 0.15) is 17.0 Å². The van der Waals surface area contributed by atoms with Gasteiger partial charge in [-0.25, -0.2) is 14.5 Å². The Morgan fingerprint density at radius 2 is 1.83 bits per heavy atom. The van der Waals surface area contributed by atoms with Crippen LogP contribution in [0.2, 0.25) is 0 Å². The smallest absolute Gasteiger partial charge is 0.182 e. The molecule has 0 atom stereocenters. The highest BCUT2D eigenvalue weighted by Gasteiger charge is 2.19. The second-order valence-corrected chi connectivity index (χ2v) is 7.46. The molecule has 7 nitrogen and oxygen atoms in total. The van der Waals surface area contributed by atoms with E-state index in [1.807, 2.05) is 26.2 Å². The molecule has 1 aromatic carbocycles. The summed E-state index contributed by atoms with van der Waals surface area (Å²) in [5, 5.41) is 5.69. The van der Waals surface area contributed by atoms with Gasteiger partial charge in [0.2, 0.25) is 0 Å². The Hall–Kier alpha value is -3.61. The predicted molar refractivity (Wildman–Crippen MR) is 113 cm³/mol. The number of aryl methyl sites for hydroxylation is 1. The van der Waals surface area contributed by atoms with E-state index in [4.69, 9.17) is 14.4 Å². The summed E-state index contributed by atoms with van der Waals surface area (Å²) < 4.78 is 9.48. The summed E-state index contributed by atoms with van der Waals surface area (Å²) in [6, 6.07) is 12.1. The van der Waals surface area contributed by atoms with Crippen molar-refractivity contribution in [2.75, 3.05) is 19.0 Å². The largest absolute Gasteiger partial charge is 0.467 e. The van der Waals surface area contributed by atoms with Gasteiger partial charge in [-0.15, -0.1) is 5.10 Å². The number of furan rings is 1. The molecule has 4 heterocycles. The second-order valence-electron chi connectivity index (χ2n) is 7.46. The van der Waals surface area contributed by atoms with Gasteiger partial charge in [0.25, 0.3) is 0 Å². The summed E-state index contributed by atoms with van der Waals surface area (Å²) in [7, 11) is 4.05. The molecule has 0 fully saturated rings. The molecule has 0 unspecified atom stereocenters. The van der Waals surface area contributed by atoms with Gasteiger partial charge in [-0.1, -0.05) is 0 Å². The maximum absolute atomic E-state index is 5.54. The molecule has 0 spiro atoms. The van der Waals surface area contributed by atoms with Gasteiger partial charge >= 0.3 is 0 Å². The summed E-state index contributed by atoms with van der Waals surface area (Å²) in [6.07, 6.45) is 3.43. The molecular formula is C22H22N6O. The van der Waals surface area contributed by atoms with Crippen LogP contribution in [-0.2, 0) is 6.54 Å². The topological polar surface area (TPSA) is 64.4 Å². The van der Waals surface area contributed by atoms with Gasteiger partial charge in [0.05, 0.1) is 18.2 Å². The van der Waals surface area contributed by atoms with E-state index in [1.165, 1.54) is 0 Å². The van der Waals surface area contributed by atoms with Gasteiger partial charge in [0.1, 0.15) is 17.7 Å². The summed E-state index contributed by atoms with van der Waals surface area (Å²) >= 11 is 0. The Morgan fingerprint density at radius 3 is 2.52 bits per heavy atom. The zero-order chi connectivity index (χ0) is 20.1. The van der Waals surface area contributed by atoms with Crippen LogP contribution in [0.15, 0.2) is 53.4 Å². The van der Waals surface area contributed by atoms with Gasteiger partial charge in [-0.2, -0.15) is 0 Å². The van der Waals surface area contributed by atoms with Crippen LogP contribution in [0, 0.1) is 13.8 Å². The first-order valence-corrected chi connectivity index (χ1v) is 9.54. The van der Waals surface area contributed by atoms with Crippen molar-refractivity contribution in [2.24, 2.45) is 0 Å². The Morgan fingerprint density at radius 1 is 1.03 bits per heavy atom. The second kappa shape index (κ2) is 6.48. The molecule has 146 valence electrons. The van der Waals surface area contributed by atoms with Crippen molar-refractivity contribution in [3.63, 3.8) is 0 Å². The molecule has 29 heavy (non-hydrogen) atoms. The zero-order valence-corrected chi connectivity index (χ0v) is 16.9. The third-order valence-electron chi connectivity index (χ3n) is 5.48. The SMILES string of the molecule is Cc1c(C)n(Cc2ccco2)c2ncn3nc(-c4ccc(N(C)C)cc4)nc3c12. The quantitative estimate of drug-likeness (QED) is 0.466. The molecule has 0 saturated heterocycles. The van der Waals surface area contributed by atoms with Crippen LogP contribution in [0.3, 0.4) is 0 Å². The molecule has 5 rings (SSSR count). The third kappa shape index (κ3) is 2.77. The summed E-state index contributed by atoms with van der Waals surface area (Å²) in [5.74, 6) is 1.59. The minimum atomic E-state index is 0.638. The van der Waals surface area contributed by atoms with E-state index in [1.54, 1.807) is 17.1 Å². The predicted octanol–water partition coefficient (Wildman–Crippen LogP) is 4.07. The van der Waals surface area contributed by atoms with Crippen LogP contribution < -0.4 is 4.90 Å². The van der Waals surface area contributed by atoms with Gasteiger partial charge in [0, 0.05) is 31.0 Å². The van der Waals surface area contributed by atoms with Crippen LogP contribution in [0.25, 0.3) is 28.1 Å². The number of hydrogen-bond acceptors (Lipinski definition) is 5. The fourth-order valence-electron chi connectivity index (χ4n) is 3.71. The highest BCUT2D eigenvalue weighted by molar-refractivity contribution is 5.94. The molecule has 0 aliphatic heterocycles. The first-order valence-electron chi connectivity index (χ1n) is 9.54. The summed E-state index contributed by atoms with van der Waals surface area (Å²) in [5.41, 5.74) is 6.15. The Bertz CT molecular complexity index is 1310. The Labute approximate surface area is 168 Å². The zero-order valence-electron chi connectivity index (χ0n) is 16.9. The molecule has 0 N–H and O–H groups in total. The van der Waals surface area contributed by atoms with Gasteiger partial charge < -0.3 is 13.9 Å². The first kappa shape index (κ1) is 17.5. The van der Waals surface area contributed by atoms with E-state index in [0.29, 0.717) is 12.4 Å². The molecule has 7 heteroatoms. The minimum absolute atomic E-state index is 0.638. The van der Waals surface area contributed by atoms with Crippen LogP contribution in [0.4, 0.5) is 5.69 Å². The summed E-state index contributed by atoms with van der Waals surface area (Å²) in [6.45, 7) is 4.85. The molecule has 0 aliphatic rings. The fourth-order valence-corrected chi connectivity index (χ4v) is 3.71. The van der Waals surface area contributed by atoms with E-state index in [2.05, 4.69) is 52.7 Å². The first-order chi connectivity index (χ1) is 14.0. The number of hydrogen-bond donors (Lipinski definition) is 0. The lowest BCUT2D eigenvalue weighted by Gasteiger charge is -2.11. The number of nitrogens with zero attached hydrogens (tertiary/aromatic N) is 6. The Balaban J connectivity index is 1.65. The van der Waals surface area contributed by atoms with Gasteiger partial charge in [-0.3, -0.25) is 0 Å². The van der Waals surface area contributed by atoms with Gasteiger partial charge in [0.15, 0.2) is 11.5 Å². The molecular weight excluding hydrogens is 364 g/mol. The van der Waals surface area contributed by atoms with Crippen molar-refractivity contribution in [3.8, 4) is 11.4 Å². The number of benzene rings is 1. The van der Waals surface area contributed by atoms with E-state index < -0.39 is 0 Å². The average molecular weight is 386 g/mol. The van der Waals surface area contributed by atoms with E-state index in [0.717, 1.165) is 44.9 Å². The average Bonchev–Trinajstić information content (AvgIpc) is 3.44. The Kier molecular flexibility index (Phi) is 3.91. The van der Waals surface area contributed by atoms with Crippen molar-refractivity contribution in [2.45, 2.75) is 20.4 Å². The van der Waals surface area contributed by atoms with Crippen LogP contribution >= 0.6 is 0 Å². The number of anilines is 1. The molecule has 0 amide bonds. The van der Waals surface area contributed by atoms with Crippen LogP contribution in [0.5, 0.6) is 0 Å².